The van der Waals surface area contributed by atoms with Gasteiger partial charge < -0.3 is 53.4 Å². The molecule has 0 saturated heterocycles. The molecule has 5 aliphatic rings. The average molecular weight is 1500 g/mol. The Bertz CT molecular complexity index is 5240. The lowest BCUT2D eigenvalue weighted by molar-refractivity contribution is 0.0347. The maximum absolute atomic E-state index is 14.3. The zero-order valence-corrected chi connectivity index (χ0v) is 63.1. The highest BCUT2D eigenvalue weighted by atomic mass is 35.5. The first-order valence-corrected chi connectivity index (χ1v) is 37.5. The van der Waals surface area contributed by atoms with E-state index in [1.54, 1.807) is 57.2 Å². The van der Waals surface area contributed by atoms with E-state index >= 15 is 0 Å². The summed E-state index contributed by atoms with van der Waals surface area (Å²) in [5, 5.41) is 51.1. The molecule has 1 aliphatic carbocycles. The summed E-state index contributed by atoms with van der Waals surface area (Å²) in [7, 11) is 6.28. The summed E-state index contributed by atoms with van der Waals surface area (Å²) in [6, 6.07) is 48.6. The Labute approximate surface area is 630 Å². The first-order valence-electron chi connectivity index (χ1n) is 36.4. The Hall–Kier alpha value is -7.88. The average Bonchev–Trinajstić information content (AvgIpc) is 1.62. The van der Waals surface area contributed by atoms with Gasteiger partial charge in [0.25, 0.3) is 0 Å². The number of rotatable bonds is 13. The van der Waals surface area contributed by atoms with E-state index in [-0.39, 0.29) is 29.6 Å². The van der Waals surface area contributed by atoms with Gasteiger partial charge in [0.15, 0.2) is 0 Å². The van der Waals surface area contributed by atoms with Crippen molar-refractivity contribution < 1.29 is 42.4 Å². The first-order chi connectivity index (χ1) is 50.5. The quantitative estimate of drug-likeness (QED) is 0.0845. The van der Waals surface area contributed by atoms with Crippen molar-refractivity contribution in [1.29, 1.82) is 0 Å². The maximum Gasteiger partial charge on any atom is 0.132 e. The van der Waals surface area contributed by atoms with Gasteiger partial charge in [0.05, 0.1) is 26.2 Å². The van der Waals surface area contributed by atoms with Gasteiger partial charge in [-0.05, 0) is 204 Å². The number of benzene rings is 8. The fraction of sp³-hybridized carbons (Fsp3) is 0.349. The highest BCUT2D eigenvalue weighted by Gasteiger charge is 2.37. The van der Waals surface area contributed by atoms with Crippen molar-refractivity contribution >= 4 is 78.4 Å². The van der Waals surface area contributed by atoms with Crippen LogP contribution in [-0.4, -0.2) is 112 Å². The van der Waals surface area contributed by atoms with Crippen molar-refractivity contribution in [2.45, 2.75) is 147 Å². The van der Waals surface area contributed by atoms with Crippen LogP contribution in [0.2, 0.25) is 15.1 Å². The second kappa shape index (κ2) is 29.9. The molecule has 4 aromatic heterocycles. The molecule has 1 saturated carbocycles. The largest absolute Gasteiger partial charge is 0.384 e. The van der Waals surface area contributed by atoms with E-state index in [0.29, 0.717) is 35.8 Å². The van der Waals surface area contributed by atoms with Crippen LogP contribution < -0.4 is 0 Å². The molecule has 12 aromatic rings. The molecule has 8 aromatic carbocycles. The second-order valence-electron chi connectivity index (χ2n) is 30.7. The Kier molecular flexibility index (Phi) is 21.2. The Morgan fingerprint density at radius 3 is 1.07 bits per heavy atom. The second-order valence-corrected chi connectivity index (χ2v) is 32.0. The topological polar surface area (TPSA) is 114 Å². The number of hydrogen-bond donors (Lipinski definition) is 4. The minimum absolute atomic E-state index is 0.0846. The van der Waals surface area contributed by atoms with Gasteiger partial charge >= 0.3 is 0 Å². The molecular weight excluding hydrogens is 1410 g/mol. The summed E-state index contributed by atoms with van der Waals surface area (Å²) < 4.78 is 76.7. The predicted molar refractivity (Wildman–Crippen MR) is 414 cm³/mol. The zero-order valence-electron chi connectivity index (χ0n) is 60.9. The van der Waals surface area contributed by atoms with Crippen LogP contribution in [0.3, 0.4) is 0 Å². The molecule has 4 unspecified atom stereocenters. The third-order valence-electron chi connectivity index (χ3n) is 22.2. The molecule has 0 spiro atoms. The molecule has 4 aliphatic heterocycles. The molecule has 8 heterocycles. The molecule has 0 amide bonds. The number of likely N-dealkylation sites (N-methyl/N-ethyl adjacent to an activating group) is 3. The molecule has 4 atom stereocenters. The van der Waals surface area contributed by atoms with E-state index < -0.39 is 34.0 Å². The highest BCUT2D eigenvalue weighted by molar-refractivity contribution is 6.32. The van der Waals surface area contributed by atoms with E-state index in [2.05, 4.69) is 83.3 Å². The van der Waals surface area contributed by atoms with Gasteiger partial charge in [-0.25, -0.2) is 22.0 Å². The van der Waals surface area contributed by atoms with Gasteiger partial charge in [-0.15, -0.1) is 0 Å². The van der Waals surface area contributed by atoms with Gasteiger partial charge in [0.1, 0.15) is 51.5 Å². The van der Waals surface area contributed by atoms with Crippen molar-refractivity contribution in [3.63, 3.8) is 0 Å². The number of nitrogens with zero attached hydrogens (tertiary/aromatic N) is 8. The molecule has 0 bridgehead atoms. The SMILES string of the molecule is CC(O)(Cn1c2c(c3cc(Cl)ccc31)CN(C1CC1)CC2)c1ccc(F)cc1.CN1CCc2c(c3cc(Cl)ccc3n2CC(C)(O)c2ccc(F)cc2F)C1.CN1CCc2c(c3cc(Cl)ccc3n2CC(C)(O)c2ccccc2)C1.CN1CCc2c(c3cc(F)ccc3n2CC(C)(O)c2ccc(F)cc2)C1. The molecule has 12 nitrogen and oxygen atoms in total. The molecule has 0 radical (unpaired) electrons. The fourth-order valence-corrected chi connectivity index (χ4v) is 17.0. The summed E-state index contributed by atoms with van der Waals surface area (Å²) in [5.41, 5.74) is 11.8. The molecule has 1 fully saturated rings. The molecular formula is C86H90Cl3F5N8O4. The van der Waals surface area contributed by atoms with Crippen LogP contribution in [0.25, 0.3) is 43.6 Å². The van der Waals surface area contributed by atoms with Crippen molar-refractivity contribution in [2.75, 3.05) is 47.3 Å². The van der Waals surface area contributed by atoms with Gasteiger partial charge in [0, 0.05) is 177 Å². The van der Waals surface area contributed by atoms with Gasteiger partial charge in [-0.3, -0.25) is 4.90 Å². The van der Waals surface area contributed by atoms with Crippen LogP contribution in [0.5, 0.6) is 0 Å². The lowest BCUT2D eigenvalue weighted by atomic mass is 9.95. The van der Waals surface area contributed by atoms with Crippen molar-refractivity contribution in [1.82, 2.24) is 37.9 Å². The molecule has 20 heteroatoms. The lowest BCUT2D eigenvalue weighted by Crippen LogP contribution is -2.34. The fourth-order valence-electron chi connectivity index (χ4n) is 16.5. The monoisotopic (exact) mass is 1500 g/mol. The van der Waals surface area contributed by atoms with E-state index in [9.17, 15) is 42.4 Å². The van der Waals surface area contributed by atoms with E-state index in [4.69, 9.17) is 34.8 Å². The normalized spacial score (nSPS) is 17.9. The van der Waals surface area contributed by atoms with Crippen LogP contribution in [0.1, 0.15) is 108 Å². The van der Waals surface area contributed by atoms with Crippen molar-refractivity contribution in [3.8, 4) is 0 Å². The van der Waals surface area contributed by atoms with Crippen molar-refractivity contribution in [2.24, 2.45) is 0 Å². The van der Waals surface area contributed by atoms with E-state index in [0.717, 1.165) is 156 Å². The molecule has 554 valence electrons. The number of aliphatic hydroxyl groups is 4. The number of fused-ring (bicyclic) bond motifs is 12. The molecule has 4 N–H and O–H groups in total. The third kappa shape index (κ3) is 15.6. The first kappa shape index (κ1) is 75.0. The summed E-state index contributed by atoms with van der Waals surface area (Å²) >= 11 is 18.8. The molecule has 17 rings (SSSR count). The zero-order chi connectivity index (χ0) is 74.9. The number of halogens is 8. The van der Waals surface area contributed by atoms with Gasteiger partial charge in [-0.1, -0.05) is 95.5 Å². The Balaban J connectivity index is 0.000000119. The Morgan fingerprint density at radius 2 is 0.679 bits per heavy atom. The van der Waals surface area contributed by atoms with Gasteiger partial charge in [-0.2, -0.15) is 0 Å². The minimum atomic E-state index is -1.49. The van der Waals surface area contributed by atoms with Gasteiger partial charge in [0.2, 0.25) is 0 Å². The standard InChI is InChI=1S/C23H24ClFN2O.C21H21ClF2N2O.C21H23ClN2O.C21H22F2N2O/c1-23(28,15-2-5-17(25)6-3-15)14-27-21-9-4-16(24)12-19(21)20-13-26(18-7-8-18)11-10-22(20)27;1-21(27,17-5-4-14(23)10-18(17)24)12-26-19-6-3-13(22)9-15(19)16-11-25(2)8-7-20(16)26;1-21(25,15-6-4-3-5-7-15)14-24-19-9-8-16(22)12-17(19)18-13-23(2)11-10-20(18)24;1-21(26,14-3-5-15(22)6-4-14)13-25-19-8-7-16(23)11-17(19)18-12-24(2)10-9-20(18)25/h2-6,9,12,18,28H,7-8,10-11,13-14H2,1H3;3-6,9-10,27H,7-8,11-12H2,1-2H3;3-9,12,25H,10-11,13-14H2,1-2H3;3-8,11,26H,9-10,12-13H2,1-2H3. The maximum atomic E-state index is 14.3. The van der Waals surface area contributed by atoms with Crippen LogP contribution in [-0.2, 0) is 100 Å². The van der Waals surface area contributed by atoms with Crippen molar-refractivity contribution in [3.05, 3.63) is 281 Å². The molecule has 106 heavy (non-hydrogen) atoms. The minimum Gasteiger partial charge on any atom is -0.384 e. The van der Waals surface area contributed by atoms with Crippen LogP contribution in [0.15, 0.2) is 170 Å². The van der Waals surface area contributed by atoms with E-state index in [1.807, 2.05) is 67.6 Å². The summed E-state index contributed by atoms with van der Waals surface area (Å²) in [5.74, 6) is -2.28. The number of hydrogen-bond acceptors (Lipinski definition) is 8. The smallest absolute Gasteiger partial charge is 0.132 e. The lowest BCUT2D eigenvalue weighted by Gasteiger charge is -2.30. The van der Waals surface area contributed by atoms with Crippen LogP contribution in [0, 0.1) is 29.1 Å². The Morgan fingerprint density at radius 1 is 0.358 bits per heavy atom. The summed E-state index contributed by atoms with van der Waals surface area (Å²) in [4.78, 5) is 9.37. The van der Waals surface area contributed by atoms with E-state index in [1.165, 1.54) is 94.2 Å². The highest BCUT2D eigenvalue weighted by Crippen LogP contribution is 2.42. The summed E-state index contributed by atoms with van der Waals surface area (Å²) in [6.45, 7) is 15.8. The van der Waals surface area contributed by atoms with Crippen LogP contribution >= 0.6 is 34.8 Å². The predicted octanol–water partition coefficient (Wildman–Crippen LogP) is 17.3. The summed E-state index contributed by atoms with van der Waals surface area (Å²) in [6.07, 6.45) is 6.24. The third-order valence-corrected chi connectivity index (χ3v) is 22.9. The van der Waals surface area contributed by atoms with Crippen LogP contribution in [0.4, 0.5) is 22.0 Å². The number of aromatic nitrogens is 4.